The van der Waals surface area contributed by atoms with Gasteiger partial charge in [0, 0.05) is 43.1 Å². The lowest BCUT2D eigenvalue weighted by molar-refractivity contribution is 0.386. The van der Waals surface area contributed by atoms with Crippen LogP contribution in [0.15, 0.2) is 60.9 Å². The SMILES string of the molecule is CC1CCCN1c1cccc(Nc2cc(-c3cccc(CNC4CCNCC4)c3)nn3ccnc23)n1.Cl. The van der Waals surface area contributed by atoms with Crippen molar-refractivity contribution in [1.82, 2.24) is 30.2 Å². The lowest BCUT2D eigenvalue weighted by Crippen LogP contribution is -2.39. The molecule has 37 heavy (non-hydrogen) atoms. The molecule has 1 atom stereocenters. The first kappa shape index (κ1) is 25.4. The lowest BCUT2D eigenvalue weighted by Gasteiger charge is -2.23. The lowest BCUT2D eigenvalue weighted by atomic mass is 10.0. The molecule has 4 aromatic rings. The Hall–Kier alpha value is -3.20. The van der Waals surface area contributed by atoms with E-state index in [1.165, 1.54) is 31.2 Å². The maximum absolute atomic E-state index is 4.92. The average Bonchev–Trinajstić information content (AvgIpc) is 3.57. The summed E-state index contributed by atoms with van der Waals surface area (Å²) in [6.07, 6.45) is 8.47. The minimum atomic E-state index is 0. The first-order valence-corrected chi connectivity index (χ1v) is 13.1. The molecule has 9 heteroatoms. The van der Waals surface area contributed by atoms with E-state index in [9.17, 15) is 0 Å². The van der Waals surface area contributed by atoms with E-state index in [4.69, 9.17) is 10.1 Å². The van der Waals surface area contributed by atoms with Crippen LogP contribution >= 0.6 is 12.4 Å². The molecule has 0 saturated carbocycles. The first-order valence-electron chi connectivity index (χ1n) is 13.1. The fourth-order valence-electron chi connectivity index (χ4n) is 5.34. The van der Waals surface area contributed by atoms with Crippen molar-refractivity contribution >= 4 is 35.4 Å². The Balaban J connectivity index is 0.00000280. The second kappa shape index (κ2) is 11.5. The molecule has 1 aromatic carbocycles. The predicted octanol–water partition coefficient (Wildman–Crippen LogP) is 4.79. The van der Waals surface area contributed by atoms with Crippen molar-refractivity contribution in [2.75, 3.05) is 29.9 Å². The smallest absolute Gasteiger partial charge is 0.177 e. The number of benzene rings is 1. The Morgan fingerprint density at radius 3 is 2.76 bits per heavy atom. The number of halogens is 1. The van der Waals surface area contributed by atoms with Crippen molar-refractivity contribution < 1.29 is 0 Å². The highest BCUT2D eigenvalue weighted by Crippen LogP contribution is 2.29. The third-order valence-electron chi connectivity index (χ3n) is 7.36. The quantitative estimate of drug-likeness (QED) is 0.324. The molecule has 0 amide bonds. The van der Waals surface area contributed by atoms with Gasteiger partial charge in [-0.25, -0.2) is 14.5 Å². The van der Waals surface area contributed by atoms with E-state index in [0.717, 1.165) is 60.4 Å². The Labute approximate surface area is 224 Å². The number of rotatable bonds is 7. The molecule has 0 aliphatic carbocycles. The standard InChI is InChI=1S/C28H34N8.ClH/c1-20-5-4-15-35(20)27-9-3-8-26(33-27)32-25-18-24(34-36-16-14-30-28(25)36)22-7-2-6-21(17-22)19-31-23-10-12-29-13-11-23;/h2-3,6-9,14,16-18,20,23,29,31H,4-5,10-13,15,19H2,1H3,(H,32,33);1H. The molecule has 2 saturated heterocycles. The monoisotopic (exact) mass is 518 g/mol. The average molecular weight is 519 g/mol. The van der Waals surface area contributed by atoms with Gasteiger partial charge in [-0.15, -0.1) is 12.4 Å². The van der Waals surface area contributed by atoms with Crippen molar-refractivity contribution in [3.8, 4) is 11.3 Å². The van der Waals surface area contributed by atoms with Crippen LogP contribution in [0.5, 0.6) is 0 Å². The van der Waals surface area contributed by atoms with Gasteiger partial charge in [0.15, 0.2) is 5.65 Å². The summed E-state index contributed by atoms with van der Waals surface area (Å²) in [5.41, 5.74) is 4.93. The third kappa shape index (κ3) is 5.71. The van der Waals surface area contributed by atoms with Crippen LogP contribution in [-0.2, 0) is 6.54 Å². The topological polar surface area (TPSA) is 82.4 Å². The molecule has 1 unspecified atom stereocenters. The number of anilines is 3. The van der Waals surface area contributed by atoms with E-state index < -0.39 is 0 Å². The molecular formula is C28H35ClN8. The number of aromatic nitrogens is 4. The summed E-state index contributed by atoms with van der Waals surface area (Å²) in [7, 11) is 0. The van der Waals surface area contributed by atoms with Gasteiger partial charge in [-0.2, -0.15) is 5.10 Å². The predicted molar refractivity (Wildman–Crippen MR) is 152 cm³/mol. The second-order valence-electron chi connectivity index (χ2n) is 9.93. The van der Waals surface area contributed by atoms with Crippen molar-refractivity contribution in [1.29, 1.82) is 0 Å². The van der Waals surface area contributed by atoms with Gasteiger partial charge >= 0.3 is 0 Å². The van der Waals surface area contributed by atoms with Crippen molar-refractivity contribution in [2.45, 2.75) is 51.2 Å². The summed E-state index contributed by atoms with van der Waals surface area (Å²) >= 11 is 0. The van der Waals surface area contributed by atoms with E-state index in [-0.39, 0.29) is 12.4 Å². The molecule has 0 radical (unpaired) electrons. The largest absolute Gasteiger partial charge is 0.354 e. The minimum absolute atomic E-state index is 0. The van der Waals surface area contributed by atoms with Gasteiger partial charge in [-0.3, -0.25) is 0 Å². The summed E-state index contributed by atoms with van der Waals surface area (Å²) in [5, 5.41) is 15.5. The highest BCUT2D eigenvalue weighted by molar-refractivity contribution is 5.85. The fourth-order valence-corrected chi connectivity index (χ4v) is 5.34. The Morgan fingerprint density at radius 2 is 1.92 bits per heavy atom. The van der Waals surface area contributed by atoms with Crippen LogP contribution in [0.3, 0.4) is 0 Å². The fraction of sp³-hybridized carbons (Fsp3) is 0.393. The van der Waals surface area contributed by atoms with E-state index in [0.29, 0.717) is 12.1 Å². The number of fused-ring (bicyclic) bond motifs is 1. The van der Waals surface area contributed by atoms with E-state index in [2.05, 4.69) is 75.2 Å². The van der Waals surface area contributed by atoms with Gasteiger partial charge < -0.3 is 20.9 Å². The van der Waals surface area contributed by atoms with Gasteiger partial charge in [0.1, 0.15) is 11.6 Å². The van der Waals surface area contributed by atoms with Crippen LogP contribution in [0.4, 0.5) is 17.3 Å². The first-order chi connectivity index (χ1) is 17.7. The number of nitrogens with zero attached hydrogens (tertiary/aromatic N) is 5. The summed E-state index contributed by atoms with van der Waals surface area (Å²) in [6.45, 7) is 6.38. The van der Waals surface area contributed by atoms with Crippen molar-refractivity contribution in [2.24, 2.45) is 0 Å². The summed E-state index contributed by atoms with van der Waals surface area (Å²) in [4.78, 5) is 11.9. The number of imidazole rings is 1. The minimum Gasteiger partial charge on any atom is -0.354 e. The number of nitrogens with one attached hydrogen (secondary N) is 3. The van der Waals surface area contributed by atoms with Crippen LogP contribution in [-0.4, -0.2) is 51.3 Å². The van der Waals surface area contributed by atoms with E-state index >= 15 is 0 Å². The molecular weight excluding hydrogens is 484 g/mol. The summed E-state index contributed by atoms with van der Waals surface area (Å²) < 4.78 is 1.84. The van der Waals surface area contributed by atoms with Gasteiger partial charge in [0.25, 0.3) is 0 Å². The van der Waals surface area contributed by atoms with Gasteiger partial charge in [0.05, 0.1) is 11.4 Å². The molecule has 3 aromatic heterocycles. The zero-order valence-corrected chi connectivity index (χ0v) is 22.0. The van der Waals surface area contributed by atoms with Crippen LogP contribution < -0.4 is 20.9 Å². The normalized spacial score (nSPS) is 18.2. The Kier molecular flexibility index (Phi) is 7.88. The molecule has 194 valence electrons. The van der Waals surface area contributed by atoms with Crippen LogP contribution in [0.1, 0.15) is 38.2 Å². The molecule has 6 rings (SSSR count). The highest BCUT2D eigenvalue weighted by Gasteiger charge is 2.21. The van der Waals surface area contributed by atoms with Crippen molar-refractivity contribution in [3.63, 3.8) is 0 Å². The Bertz CT molecular complexity index is 1330. The van der Waals surface area contributed by atoms with Crippen LogP contribution in [0.2, 0.25) is 0 Å². The number of hydrogen-bond donors (Lipinski definition) is 3. The molecule has 2 aliphatic rings. The van der Waals surface area contributed by atoms with Gasteiger partial charge in [-0.05, 0) is 75.5 Å². The maximum Gasteiger partial charge on any atom is 0.177 e. The Morgan fingerprint density at radius 1 is 1.05 bits per heavy atom. The second-order valence-corrected chi connectivity index (χ2v) is 9.93. The van der Waals surface area contributed by atoms with E-state index in [1.807, 2.05) is 16.8 Å². The van der Waals surface area contributed by atoms with Gasteiger partial charge in [0.2, 0.25) is 0 Å². The van der Waals surface area contributed by atoms with Crippen molar-refractivity contribution in [3.05, 3.63) is 66.5 Å². The molecule has 5 heterocycles. The zero-order chi connectivity index (χ0) is 24.3. The third-order valence-corrected chi connectivity index (χ3v) is 7.36. The zero-order valence-electron chi connectivity index (χ0n) is 21.2. The number of pyridine rings is 1. The molecule has 3 N–H and O–H groups in total. The molecule has 0 bridgehead atoms. The summed E-state index contributed by atoms with van der Waals surface area (Å²) in [5.74, 6) is 1.83. The highest BCUT2D eigenvalue weighted by atomic mass is 35.5. The van der Waals surface area contributed by atoms with Gasteiger partial charge in [-0.1, -0.05) is 24.3 Å². The molecule has 0 spiro atoms. The van der Waals surface area contributed by atoms with Crippen LogP contribution in [0.25, 0.3) is 16.9 Å². The molecule has 8 nitrogen and oxygen atoms in total. The van der Waals surface area contributed by atoms with Crippen LogP contribution in [0, 0.1) is 0 Å². The number of piperidine rings is 1. The molecule has 2 fully saturated rings. The number of hydrogen-bond acceptors (Lipinski definition) is 7. The maximum atomic E-state index is 4.92. The molecule has 2 aliphatic heterocycles. The van der Waals surface area contributed by atoms with E-state index in [1.54, 1.807) is 6.20 Å². The summed E-state index contributed by atoms with van der Waals surface area (Å²) in [6, 6.07) is 18.0.